The van der Waals surface area contributed by atoms with Gasteiger partial charge in [0.25, 0.3) is 0 Å². The molecule has 0 unspecified atom stereocenters. The molecule has 0 aromatic rings. The third-order valence-electron chi connectivity index (χ3n) is 1.28. The SMILES string of the molecule is C=CN(C)CCCCN. The van der Waals surface area contributed by atoms with Crippen LogP contribution in [-0.2, 0) is 0 Å². The van der Waals surface area contributed by atoms with E-state index in [0.29, 0.717) is 0 Å². The fourth-order valence-corrected chi connectivity index (χ4v) is 0.597. The van der Waals surface area contributed by atoms with E-state index in [1.807, 2.05) is 13.2 Å². The second-order valence-electron chi connectivity index (χ2n) is 2.16. The van der Waals surface area contributed by atoms with E-state index >= 15 is 0 Å². The van der Waals surface area contributed by atoms with E-state index in [1.54, 1.807) is 0 Å². The minimum atomic E-state index is 0.797. The molecule has 0 radical (unpaired) electrons. The summed E-state index contributed by atoms with van der Waals surface area (Å²) in [5, 5.41) is 0. The van der Waals surface area contributed by atoms with Gasteiger partial charge >= 0.3 is 0 Å². The van der Waals surface area contributed by atoms with Crippen LogP contribution in [0.1, 0.15) is 12.8 Å². The van der Waals surface area contributed by atoms with Crippen LogP contribution < -0.4 is 5.73 Å². The van der Waals surface area contributed by atoms with E-state index in [0.717, 1.165) is 19.5 Å². The Labute approximate surface area is 57.3 Å². The van der Waals surface area contributed by atoms with Gasteiger partial charge in [-0.05, 0) is 25.6 Å². The first-order valence-corrected chi connectivity index (χ1v) is 3.34. The lowest BCUT2D eigenvalue weighted by molar-refractivity contribution is 0.439. The minimum Gasteiger partial charge on any atom is -0.381 e. The van der Waals surface area contributed by atoms with Crippen molar-refractivity contribution in [1.82, 2.24) is 4.90 Å². The van der Waals surface area contributed by atoms with Gasteiger partial charge in [0.2, 0.25) is 0 Å². The molecule has 0 heterocycles. The van der Waals surface area contributed by atoms with Crippen LogP contribution in [0.15, 0.2) is 12.8 Å². The Morgan fingerprint density at radius 3 is 2.67 bits per heavy atom. The molecule has 0 aliphatic heterocycles. The Balaban J connectivity index is 2.96. The number of unbranched alkanes of at least 4 members (excludes halogenated alkanes) is 1. The van der Waals surface area contributed by atoms with Crippen molar-refractivity contribution in [3.8, 4) is 0 Å². The second-order valence-corrected chi connectivity index (χ2v) is 2.16. The van der Waals surface area contributed by atoms with Crippen molar-refractivity contribution in [1.29, 1.82) is 0 Å². The summed E-state index contributed by atoms with van der Waals surface area (Å²) in [6.45, 7) is 5.50. The number of hydrogen-bond acceptors (Lipinski definition) is 2. The molecule has 54 valence electrons. The molecule has 0 saturated heterocycles. The van der Waals surface area contributed by atoms with E-state index in [2.05, 4.69) is 11.5 Å². The monoisotopic (exact) mass is 128 g/mol. The van der Waals surface area contributed by atoms with Gasteiger partial charge in [0.1, 0.15) is 0 Å². The third kappa shape index (κ3) is 5.37. The molecule has 0 rings (SSSR count). The highest BCUT2D eigenvalue weighted by Crippen LogP contribution is 1.89. The molecule has 0 saturated carbocycles. The molecule has 0 aromatic carbocycles. The first-order chi connectivity index (χ1) is 4.31. The minimum absolute atomic E-state index is 0.797. The van der Waals surface area contributed by atoms with Crippen molar-refractivity contribution in [2.24, 2.45) is 5.73 Å². The highest BCUT2D eigenvalue weighted by Gasteiger charge is 1.87. The normalized spacial score (nSPS) is 9.11. The van der Waals surface area contributed by atoms with Crippen LogP contribution in [0.5, 0.6) is 0 Å². The zero-order chi connectivity index (χ0) is 7.11. The van der Waals surface area contributed by atoms with E-state index in [9.17, 15) is 0 Å². The van der Waals surface area contributed by atoms with Crippen LogP contribution >= 0.6 is 0 Å². The number of hydrogen-bond donors (Lipinski definition) is 1. The number of nitrogens with zero attached hydrogens (tertiary/aromatic N) is 1. The smallest absolute Gasteiger partial charge is 0.0169 e. The molecule has 0 spiro atoms. The highest BCUT2D eigenvalue weighted by atomic mass is 15.1. The molecular weight excluding hydrogens is 112 g/mol. The summed E-state index contributed by atoms with van der Waals surface area (Å²) in [7, 11) is 2.02. The van der Waals surface area contributed by atoms with E-state index in [4.69, 9.17) is 5.73 Å². The Hall–Kier alpha value is -0.500. The summed E-state index contributed by atoms with van der Waals surface area (Å²) in [4.78, 5) is 2.07. The first-order valence-electron chi connectivity index (χ1n) is 3.34. The van der Waals surface area contributed by atoms with Crippen LogP contribution in [0.25, 0.3) is 0 Å². The summed E-state index contributed by atoms with van der Waals surface area (Å²) in [5.74, 6) is 0. The lowest BCUT2D eigenvalue weighted by atomic mass is 10.3. The van der Waals surface area contributed by atoms with Crippen molar-refractivity contribution >= 4 is 0 Å². The maximum atomic E-state index is 5.31. The predicted molar refractivity (Wildman–Crippen MR) is 41.1 cm³/mol. The largest absolute Gasteiger partial charge is 0.381 e. The van der Waals surface area contributed by atoms with Crippen molar-refractivity contribution in [2.75, 3.05) is 20.1 Å². The van der Waals surface area contributed by atoms with Crippen molar-refractivity contribution in [3.63, 3.8) is 0 Å². The molecule has 0 aliphatic rings. The first kappa shape index (κ1) is 8.50. The fraction of sp³-hybridized carbons (Fsp3) is 0.714. The Morgan fingerprint density at radius 2 is 2.22 bits per heavy atom. The molecule has 2 nitrogen and oxygen atoms in total. The summed E-state index contributed by atoms with van der Waals surface area (Å²) in [6, 6.07) is 0. The van der Waals surface area contributed by atoms with Gasteiger partial charge in [0, 0.05) is 13.6 Å². The third-order valence-corrected chi connectivity index (χ3v) is 1.28. The molecule has 0 bridgehead atoms. The van der Waals surface area contributed by atoms with Gasteiger partial charge in [0.05, 0.1) is 0 Å². The quantitative estimate of drug-likeness (QED) is 0.555. The van der Waals surface area contributed by atoms with Gasteiger partial charge in [-0.1, -0.05) is 6.58 Å². The zero-order valence-electron chi connectivity index (χ0n) is 6.14. The fourth-order valence-electron chi connectivity index (χ4n) is 0.597. The molecule has 0 amide bonds. The van der Waals surface area contributed by atoms with Crippen molar-refractivity contribution in [3.05, 3.63) is 12.8 Å². The van der Waals surface area contributed by atoms with E-state index in [-0.39, 0.29) is 0 Å². The van der Waals surface area contributed by atoms with Gasteiger partial charge in [-0.2, -0.15) is 0 Å². The second kappa shape index (κ2) is 5.63. The van der Waals surface area contributed by atoms with Gasteiger partial charge in [-0.15, -0.1) is 0 Å². The summed E-state index contributed by atoms with van der Waals surface area (Å²) < 4.78 is 0. The molecule has 0 aliphatic carbocycles. The van der Waals surface area contributed by atoms with Crippen LogP contribution in [0, 0.1) is 0 Å². The summed E-state index contributed by atoms with van der Waals surface area (Å²) >= 11 is 0. The average molecular weight is 128 g/mol. The van der Waals surface area contributed by atoms with Crippen molar-refractivity contribution in [2.45, 2.75) is 12.8 Å². The average Bonchev–Trinajstić information content (AvgIpc) is 1.89. The topological polar surface area (TPSA) is 29.3 Å². The molecular formula is C7H16N2. The van der Waals surface area contributed by atoms with Crippen LogP contribution in [0.2, 0.25) is 0 Å². The molecule has 9 heavy (non-hydrogen) atoms. The molecule has 0 aromatic heterocycles. The number of rotatable bonds is 5. The zero-order valence-corrected chi connectivity index (χ0v) is 6.14. The molecule has 0 fully saturated rings. The van der Waals surface area contributed by atoms with E-state index in [1.165, 1.54) is 6.42 Å². The maximum absolute atomic E-state index is 5.31. The molecule has 2 heteroatoms. The molecule has 2 N–H and O–H groups in total. The lowest BCUT2D eigenvalue weighted by Crippen LogP contribution is -2.12. The van der Waals surface area contributed by atoms with Gasteiger partial charge in [-0.3, -0.25) is 0 Å². The molecule has 0 atom stereocenters. The van der Waals surface area contributed by atoms with Gasteiger partial charge in [-0.25, -0.2) is 0 Å². The highest BCUT2D eigenvalue weighted by molar-refractivity contribution is 4.65. The van der Waals surface area contributed by atoms with Crippen LogP contribution in [0.4, 0.5) is 0 Å². The van der Waals surface area contributed by atoms with Gasteiger partial charge in [0.15, 0.2) is 0 Å². The Bertz CT molecular complexity index is 71.3. The predicted octanol–water partition coefficient (Wildman–Crippen LogP) is 0.801. The Kier molecular flexibility index (Phi) is 5.32. The van der Waals surface area contributed by atoms with E-state index < -0.39 is 0 Å². The van der Waals surface area contributed by atoms with Crippen LogP contribution in [-0.4, -0.2) is 25.0 Å². The van der Waals surface area contributed by atoms with Crippen LogP contribution in [0.3, 0.4) is 0 Å². The maximum Gasteiger partial charge on any atom is 0.0169 e. The standard InChI is InChI=1S/C7H16N2/c1-3-9(2)7-5-4-6-8/h3H,1,4-8H2,2H3. The summed E-state index contributed by atoms with van der Waals surface area (Å²) in [5.41, 5.74) is 5.31. The summed E-state index contributed by atoms with van der Waals surface area (Å²) in [6.07, 6.45) is 4.10. The van der Waals surface area contributed by atoms with Crippen molar-refractivity contribution < 1.29 is 0 Å². The number of nitrogens with two attached hydrogens (primary N) is 1. The Morgan fingerprint density at radius 1 is 1.56 bits per heavy atom. The lowest BCUT2D eigenvalue weighted by Gasteiger charge is -2.11. The van der Waals surface area contributed by atoms with Gasteiger partial charge < -0.3 is 10.6 Å².